The molecule has 2 atom stereocenters. The summed E-state index contributed by atoms with van der Waals surface area (Å²) in [5, 5.41) is 0. The molecule has 0 aliphatic rings. The summed E-state index contributed by atoms with van der Waals surface area (Å²) in [6.07, 6.45) is 5.12. The molecule has 0 saturated carbocycles. The molecule has 0 rings (SSSR count). The topological polar surface area (TPSA) is 52.6 Å². The van der Waals surface area contributed by atoms with Gasteiger partial charge < -0.3 is 9.47 Å². The Morgan fingerprint density at radius 2 is 1.55 bits per heavy atom. The lowest BCUT2D eigenvalue weighted by molar-refractivity contribution is -0.150. The number of rotatable bonds is 11. The second-order valence-corrected chi connectivity index (χ2v) is 5.36. The van der Waals surface area contributed by atoms with Crippen molar-refractivity contribution in [1.29, 1.82) is 0 Å². The van der Waals surface area contributed by atoms with E-state index in [9.17, 15) is 9.59 Å². The van der Waals surface area contributed by atoms with E-state index >= 15 is 0 Å². The molecule has 0 aliphatic carbocycles. The third-order valence-electron chi connectivity index (χ3n) is 3.49. The highest BCUT2D eigenvalue weighted by Gasteiger charge is 2.14. The molecule has 0 saturated heterocycles. The van der Waals surface area contributed by atoms with Crippen LogP contribution in [0.25, 0.3) is 0 Å². The summed E-state index contributed by atoms with van der Waals surface area (Å²) in [5.74, 6) is 0.124. The summed E-state index contributed by atoms with van der Waals surface area (Å²) in [6, 6.07) is 0. The van der Waals surface area contributed by atoms with Gasteiger partial charge in [0.25, 0.3) is 0 Å². The Kier molecular flexibility index (Phi) is 11.1. The second kappa shape index (κ2) is 11.7. The smallest absolute Gasteiger partial charge is 0.306 e. The van der Waals surface area contributed by atoms with Gasteiger partial charge in [0.05, 0.1) is 6.61 Å². The molecule has 0 aromatic heterocycles. The van der Waals surface area contributed by atoms with Gasteiger partial charge in [-0.3, -0.25) is 9.59 Å². The highest BCUT2D eigenvalue weighted by molar-refractivity contribution is 5.70. The van der Waals surface area contributed by atoms with E-state index in [1.165, 1.54) is 0 Å². The molecular formula is C16H30O4. The molecule has 0 heterocycles. The number of carbonyl (C=O) groups excluding carboxylic acids is 2. The Morgan fingerprint density at radius 1 is 0.950 bits per heavy atom. The van der Waals surface area contributed by atoms with Crippen LogP contribution in [0.3, 0.4) is 0 Å². The Bertz CT molecular complexity index is 276. The van der Waals surface area contributed by atoms with Crippen molar-refractivity contribution in [3.63, 3.8) is 0 Å². The van der Waals surface area contributed by atoms with Crippen molar-refractivity contribution in [1.82, 2.24) is 0 Å². The molecule has 4 nitrogen and oxygen atoms in total. The van der Waals surface area contributed by atoms with Gasteiger partial charge in [-0.15, -0.1) is 0 Å². The maximum atomic E-state index is 11.6. The third kappa shape index (κ3) is 9.82. The maximum Gasteiger partial charge on any atom is 0.306 e. The lowest BCUT2D eigenvalue weighted by Crippen LogP contribution is -2.21. The fraction of sp³-hybridized carbons (Fsp3) is 0.875. The molecule has 20 heavy (non-hydrogen) atoms. The van der Waals surface area contributed by atoms with Crippen LogP contribution < -0.4 is 0 Å². The highest BCUT2D eigenvalue weighted by Crippen LogP contribution is 2.13. The average molecular weight is 286 g/mol. The van der Waals surface area contributed by atoms with Crippen molar-refractivity contribution in [3.05, 3.63) is 0 Å². The number of hydrogen-bond donors (Lipinski definition) is 0. The largest absolute Gasteiger partial charge is 0.466 e. The van der Waals surface area contributed by atoms with Crippen LogP contribution in [0, 0.1) is 5.92 Å². The Hall–Kier alpha value is -1.06. The van der Waals surface area contributed by atoms with Crippen LogP contribution in [-0.2, 0) is 19.1 Å². The quantitative estimate of drug-likeness (QED) is 0.427. The van der Waals surface area contributed by atoms with E-state index in [1.807, 2.05) is 13.8 Å². The standard InChI is InChI=1S/C16H30O4/c1-5-12-19-15(17)10-8-7-9-11-16(18)20-14(4)13(3)6-2/h13-14H,5-12H2,1-4H3. The van der Waals surface area contributed by atoms with E-state index in [1.54, 1.807) is 0 Å². The third-order valence-corrected chi connectivity index (χ3v) is 3.49. The first-order chi connectivity index (χ1) is 9.51. The molecule has 118 valence electrons. The summed E-state index contributed by atoms with van der Waals surface area (Å²) in [5.41, 5.74) is 0. The Balaban J connectivity index is 3.55. The number of esters is 2. The molecule has 0 aromatic rings. The van der Waals surface area contributed by atoms with Gasteiger partial charge in [0.15, 0.2) is 0 Å². The van der Waals surface area contributed by atoms with Gasteiger partial charge in [0.2, 0.25) is 0 Å². The van der Waals surface area contributed by atoms with E-state index in [-0.39, 0.29) is 18.0 Å². The van der Waals surface area contributed by atoms with Crippen LogP contribution in [0.1, 0.15) is 72.6 Å². The number of carbonyl (C=O) groups is 2. The van der Waals surface area contributed by atoms with Crippen LogP contribution >= 0.6 is 0 Å². The van der Waals surface area contributed by atoms with Crippen molar-refractivity contribution in [3.8, 4) is 0 Å². The molecule has 0 radical (unpaired) electrons. The lowest BCUT2D eigenvalue weighted by atomic mass is 10.0. The van der Waals surface area contributed by atoms with Gasteiger partial charge in [-0.25, -0.2) is 0 Å². The molecule has 0 aliphatic heterocycles. The second-order valence-electron chi connectivity index (χ2n) is 5.36. The van der Waals surface area contributed by atoms with E-state index in [0.29, 0.717) is 25.4 Å². The zero-order chi connectivity index (χ0) is 15.4. The average Bonchev–Trinajstić information content (AvgIpc) is 2.43. The summed E-state index contributed by atoms with van der Waals surface area (Å²) in [4.78, 5) is 22.8. The Labute approximate surface area is 123 Å². The number of hydrogen-bond acceptors (Lipinski definition) is 4. The normalized spacial score (nSPS) is 13.6. The van der Waals surface area contributed by atoms with E-state index in [4.69, 9.17) is 9.47 Å². The maximum absolute atomic E-state index is 11.6. The van der Waals surface area contributed by atoms with Gasteiger partial charge >= 0.3 is 11.9 Å². The molecule has 0 spiro atoms. The van der Waals surface area contributed by atoms with E-state index in [0.717, 1.165) is 32.1 Å². The first kappa shape index (κ1) is 18.9. The van der Waals surface area contributed by atoms with Crippen molar-refractivity contribution in [2.45, 2.75) is 78.7 Å². The zero-order valence-corrected chi connectivity index (χ0v) is 13.4. The van der Waals surface area contributed by atoms with Crippen LogP contribution in [0.5, 0.6) is 0 Å². The Morgan fingerprint density at radius 3 is 2.10 bits per heavy atom. The number of ether oxygens (including phenoxy) is 2. The molecule has 2 unspecified atom stereocenters. The van der Waals surface area contributed by atoms with Crippen LogP contribution in [-0.4, -0.2) is 24.6 Å². The van der Waals surface area contributed by atoms with Crippen molar-refractivity contribution in [2.24, 2.45) is 5.92 Å². The van der Waals surface area contributed by atoms with Gasteiger partial charge in [-0.2, -0.15) is 0 Å². The summed E-state index contributed by atoms with van der Waals surface area (Å²) in [7, 11) is 0. The predicted molar refractivity (Wildman–Crippen MR) is 79.3 cm³/mol. The first-order valence-electron chi connectivity index (χ1n) is 7.86. The molecule has 0 amide bonds. The SMILES string of the molecule is CCCOC(=O)CCCCCC(=O)OC(C)C(C)CC. The predicted octanol–water partition coefficient (Wildman–Crippen LogP) is 3.87. The summed E-state index contributed by atoms with van der Waals surface area (Å²) >= 11 is 0. The van der Waals surface area contributed by atoms with Crippen molar-refractivity contribution < 1.29 is 19.1 Å². The summed E-state index contributed by atoms with van der Waals surface area (Å²) < 4.78 is 10.3. The molecule has 4 heteroatoms. The van der Waals surface area contributed by atoms with Gasteiger partial charge in [-0.1, -0.05) is 33.6 Å². The van der Waals surface area contributed by atoms with Crippen LogP contribution in [0.2, 0.25) is 0 Å². The monoisotopic (exact) mass is 286 g/mol. The summed E-state index contributed by atoms with van der Waals surface area (Å²) in [6.45, 7) is 8.58. The molecular weight excluding hydrogens is 256 g/mol. The van der Waals surface area contributed by atoms with Gasteiger partial charge in [0, 0.05) is 12.8 Å². The van der Waals surface area contributed by atoms with E-state index in [2.05, 4.69) is 13.8 Å². The minimum absolute atomic E-state index is 0.0171. The van der Waals surface area contributed by atoms with Crippen molar-refractivity contribution >= 4 is 11.9 Å². The lowest BCUT2D eigenvalue weighted by Gasteiger charge is -2.18. The molecule has 0 bridgehead atoms. The molecule has 0 N–H and O–H groups in total. The zero-order valence-electron chi connectivity index (χ0n) is 13.4. The minimum Gasteiger partial charge on any atom is -0.466 e. The fourth-order valence-electron chi connectivity index (χ4n) is 1.72. The fourth-order valence-corrected chi connectivity index (χ4v) is 1.72. The first-order valence-corrected chi connectivity index (χ1v) is 7.86. The van der Waals surface area contributed by atoms with Crippen LogP contribution in [0.15, 0.2) is 0 Å². The minimum atomic E-state index is -0.139. The van der Waals surface area contributed by atoms with Gasteiger partial charge in [-0.05, 0) is 32.1 Å². The molecule has 0 fully saturated rings. The van der Waals surface area contributed by atoms with Crippen molar-refractivity contribution in [2.75, 3.05) is 6.61 Å². The number of unbranched alkanes of at least 4 members (excludes halogenated alkanes) is 2. The van der Waals surface area contributed by atoms with E-state index < -0.39 is 0 Å². The van der Waals surface area contributed by atoms with Crippen LogP contribution in [0.4, 0.5) is 0 Å². The highest BCUT2D eigenvalue weighted by atomic mass is 16.5. The van der Waals surface area contributed by atoms with Gasteiger partial charge in [0.1, 0.15) is 6.10 Å². The molecule has 0 aromatic carbocycles.